The quantitative estimate of drug-likeness (QED) is 0.460. The Morgan fingerprint density at radius 3 is 2.50 bits per heavy atom. The van der Waals surface area contributed by atoms with Gasteiger partial charge in [0.15, 0.2) is 0 Å². The van der Waals surface area contributed by atoms with Gasteiger partial charge in [-0.05, 0) is 31.0 Å². The predicted molar refractivity (Wildman–Crippen MR) is 72.1 cm³/mol. The van der Waals surface area contributed by atoms with E-state index in [1.54, 1.807) is 0 Å². The van der Waals surface area contributed by atoms with Crippen LogP contribution in [-0.4, -0.2) is 6.21 Å². The zero-order valence-corrected chi connectivity index (χ0v) is 10.5. The van der Waals surface area contributed by atoms with Gasteiger partial charge in [0.2, 0.25) is 0 Å². The summed E-state index contributed by atoms with van der Waals surface area (Å²) >= 11 is 0. The molecule has 0 bridgehead atoms. The van der Waals surface area contributed by atoms with Crippen LogP contribution in [0.4, 0.5) is 0 Å². The molecule has 16 heavy (non-hydrogen) atoms. The van der Waals surface area contributed by atoms with Crippen LogP contribution in [0, 0.1) is 0 Å². The number of nitrogens with zero attached hydrogens (tertiary/aromatic N) is 1. The summed E-state index contributed by atoms with van der Waals surface area (Å²) < 4.78 is 0. The van der Waals surface area contributed by atoms with Gasteiger partial charge in [-0.25, -0.2) is 0 Å². The van der Waals surface area contributed by atoms with Crippen LogP contribution in [0.3, 0.4) is 0 Å². The second kappa shape index (κ2) is 8.09. The molecule has 0 amide bonds. The number of hydrogen-bond acceptors (Lipinski definition) is 1. The van der Waals surface area contributed by atoms with E-state index in [4.69, 9.17) is 0 Å². The van der Waals surface area contributed by atoms with Gasteiger partial charge >= 0.3 is 0 Å². The summed E-state index contributed by atoms with van der Waals surface area (Å²) in [5.41, 5.74) is 1.33. The van der Waals surface area contributed by atoms with Gasteiger partial charge in [-0.2, -0.15) is 0 Å². The van der Waals surface area contributed by atoms with Crippen LogP contribution < -0.4 is 0 Å². The normalized spacial score (nSPS) is 13.1. The lowest BCUT2D eigenvalue weighted by atomic mass is 10.1. The minimum atomic E-state index is 0.350. The highest BCUT2D eigenvalue weighted by molar-refractivity contribution is 5.57. The molecule has 1 aromatic carbocycles. The molecule has 1 unspecified atom stereocenters. The highest BCUT2D eigenvalue weighted by atomic mass is 14.8. The molecule has 1 aromatic rings. The first-order valence-electron chi connectivity index (χ1n) is 6.45. The lowest BCUT2D eigenvalue weighted by Gasteiger charge is -2.09. The van der Waals surface area contributed by atoms with E-state index in [0.29, 0.717) is 6.04 Å². The van der Waals surface area contributed by atoms with Crippen LogP contribution >= 0.6 is 0 Å². The van der Waals surface area contributed by atoms with Crippen molar-refractivity contribution in [3.63, 3.8) is 0 Å². The summed E-state index contributed by atoms with van der Waals surface area (Å²) in [6.07, 6.45) is 8.17. The number of unbranched alkanes of at least 4 members (excludes halogenated alkanes) is 3. The maximum absolute atomic E-state index is 4.66. The minimum absolute atomic E-state index is 0.350. The lowest BCUT2D eigenvalue weighted by Crippen LogP contribution is -1.93. The summed E-state index contributed by atoms with van der Waals surface area (Å²) in [6, 6.07) is 10.9. The van der Waals surface area contributed by atoms with Crippen molar-refractivity contribution in [1.82, 2.24) is 0 Å². The Kier molecular flexibility index (Phi) is 6.55. The van der Waals surface area contributed by atoms with Crippen molar-refractivity contribution in [1.29, 1.82) is 0 Å². The molecule has 1 rings (SSSR count). The number of benzene rings is 1. The molecule has 0 aliphatic carbocycles. The summed E-state index contributed by atoms with van der Waals surface area (Å²) in [7, 11) is 0. The average Bonchev–Trinajstić information content (AvgIpc) is 2.35. The first-order valence-corrected chi connectivity index (χ1v) is 6.45. The molecule has 0 aliphatic rings. The molecule has 1 nitrogen and oxygen atoms in total. The van der Waals surface area contributed by atoms with Gasteiger partial charge in [0.25, 0.3) is 0 Å². The molecule has 0 spiro atoms. The van der Waals surface area contributed by atoms with Crippen LogP contribution in [0.5, 0.6) is 0 Å². The third-order valence-corrected chi connectivity index (χ3v) is 2.79. The van der Waals surface area contributed by atoms with E-state index in [9.17, 15) is 0 Å². The lowest BCUT2D eigenvalue weighted by molar-refractivity contribution is 0.695. The molecule has 0 aliphatic heterocycles. The van der Waals surface area contributed by atoms with Gasteiger partial charge in [-0.3, -0.25) is 4.99 Å². The SMILES string of the molecule is CCCCCC=NC(CC)c1ccccc1. The zero-order valence-electron chi connectivity index (χ0n) is 10.5. The fraction of sp³-hybridized carbons (Fsp3) is 0.533. The third kappa shape index (κ3) is 4.61. The van der Waals surface area contributed by atoms with Crippen molar-refractivity contribution in [2.24, 2.45) is 4.99 Å². The molecule has 0 saturated carbocycles. The largest absolute Gasteiger partial charge is 0.289 e. The Hall–Kier alpha value is -1.11. The van der Waals surface area contributed by atoms with Gasteiger partial charge in [0.05, 0.1) is 6.04 Å². The molecule has 1 atom stereocenters. The van der Waals surface area contributed by atoms with E-state index in [2.05, 4.69) is 55.4 Å². The van der Waals surface area contributed by atoms with E-state index >= 15 is 0 Å². The molecule has 0 N–H and O–H groups in total. The van der Waals surface area contributed by atoms with Crippen molar-refractivity contribution in [3.05, 3.63) is 35.9 Å². The van der Waals surface area contributed by atoms with Gasteiger partial charge in [-0.15, -0.1) is 0 Å². The molecular weight excluding hydrogens is 194 g/mol. The van der Waals surface area contributed by atoms with Crippen LogP contribution in [-0.2, 0) is 0 Å². The number of hydrogen-bond donors (Lipinski definition) is 0. The van der Waals surface area contributed by atoms with Crippen molar-refractivity contribution in [2.45, 2.75) is 52.0 Å². The Balaban J connectivity index is 2.43. The maximum atomic E-state index is 4.66. The topological polar surface area (TPSA) is 12.4 Å². The van der Waals surface area contributed by atoms with Crippen LogP contribution in [0.15, 0.2) is 35.3 Å². The first-order chi connectivity index (χ1) is 7.88. The molecule has 0 saturated heterocycles. The fourth-order valence-corrected chi connectivity index (χ4v) is 1.79. The van der Waals surface area contributed by atoms with Crippen LogP contribution in [0.25, 0.3) is 0 Å². The zero-order chi connectivity index (χ0) is 11.6. The van der Waals surface area contributed by atoms with Crippen LogP contribution in [0.1, 0.15) is 57.6 Å². The van der Waals surface area contributed by atoms with Crippen molar-refractivity contribution < 1.29 is 0 Å². The number of aliphatic imine (C=N–C) groups is 1. The summed E-state index contributed by atoms with van der Waals surface area (Å²) in [5, 5.41) is 0. The van der Waals surface area contributed by atoms with Crippen molar-refractivity contribution >= 4 is 6.21 Å². The monoisotopic (exact) mass is 217 g/mol. The van der Waals surface area contributed by atoms with Gasteiger partial charge in [-0.1, -0.05) is 57.0 Å². The smallest absolute Gasteiger partial charge is 0.0742 e. The predicted octanol–water partition coefficient (Wildman–Crippen LogP) is 4.79. The van der Waals surface area contributed by atoms with E-state index in [1.165, 1.54) is 24.8 Å². The van der Waals surface area contributed by atoms with Gasteiger partial charge < -0.3 is 0 Å². The Morgan fingerprint density at radius 2 is 1.88 bits per heavy atom. The Bertz CT molecular complexity index is 290. The highest BCUT2D eigenvalue weighted by Crippen LogP contribution is 2.20. The van der Waals surface area contributed by atoms with E-state index in [1.807, 2.05) is 0 Å². The standard InChI is InChI=1S/C15H23N/c1-3-5-6-10-13-16-15(4-2)14-11-8-7-9-12-14/h7-9,11-13,15H,3-6,10H2,1-2H3. The summed E-state index contributed by atoms with van der Waals surface area (Å²) in [4.78, 5) is 4.66. The van der Waals surface area contributed by atoms with Crippen molar-refractivity contribution in [2.75, 3.05) is 0 Å². The molecule has 0 aromatic heterocycles. The second-order valence-corrected chi connectivity index (χ2v) is 4.16. The maximum Gasteiger partial charge on any atom is 0.0742 e. The van der Waals surface area contributed by atoms with Crippen LogP contribution in [0.2, 0.25) is 0 Å². The third-order valence-electron chi connectivity index (χ3n) is 2.79. The Morgan fingerprint density at radius 1 is 1.12 bits per heavy atom. The van der Waals surface area contributed by atoms with Gasteiger partial charge in [0.1, 0.15) is 0 Å². The summed E-state index contributed by atoms with van der Waals surface area (Å²) in [5.74, 6) is 0. The molecule has 0 radical (unpaired) electrons. The molecule has 1 heteroatoms. The molecule has 0 fully saturated rings. The second-order valence-electron chi connectivity index (χ2n) is 4.16. The van der Waals surface area contributed by atoms with E-state index < -0.39 is 0 Å². The average molecular weight is 217 g/mol. The summed E-state index contributed by atoms with van der Waals surface area (Å²) in [6.45, 7) is 4.43. The van der Waals surface area contributed by atoms with Crippen molar-refractivity contribution in [3.8, 4) is 0 Å². The van der Waals surface area contributed by atoms with E-state index in [-0.39, 0.29) is 0 Å². The molecular formula is C15H23N. The minimum Gasteiger partial charge on any atom is -0.289 e. The first kappa shape index (κ1) is 13.0. The number of rotatable bonds is 7. The highest BCUT2D eigenvalue weighted by Gasteiger charge is 2.04. The fourth-order valence-electron chi connectivity index (χ4n) is 1.79. The van der Waals surface area contributed by atoms with Gasteiger partial charge in [0, 0.05) is 0 Å². The Labute approximate surface area is 99.6 Å². The molecule has 88 valence electrons. The molecule has 0 heterocycles. The van der Waals surface area contributed by atoms with E-state index in [0.717, 1.165) is 12.8 Å².